The Morgan fingerprint density at radius 3 is 2.73 bits per heavy atom. The number of likely N-dealkylation sites (tertiary alicyclic amines) is 1. The molecule has 6 heteroatoms. The van der Waals surface area contributed by atoms with Gasteiger partial charge in [0.15, 0.2) is 5.65 Å². The third kappa shape index (κ3) is 2.71. The Balaban J connectivity index is 1.41. The lowest BCUT2D eigenvalue weighted by Crippen LogP contribution is -2.58. The van der Waals surface area contributed by atoms with Gasteiger partial charge in [-0.2, -0.15) is 5.10 Å². The SMILES string of the molecule is Cc1cc(-c2[nH]c3ccc(C4CN(C5COC5)C4)cc3c2C(C)C)cn2ncnc12. The first kappa shape index (κ1) is 18.1. The van der Waals surface area contributed by atoms with Crippen LogP contribution in [0.1, 0.15) is 42.4 Å². The lowest BCUT2D eigenvalue weighted by atomic mass is 9.87. The van der Waals surface area contributed by atoms with Crippen LogP contribution >= 0.6 is 0 Å². The van der Waals surface area contributed by atoms with Crippen molar-refractivity contribution < 1.29 is 4.74 Å². The maximum Gasteiger partial charge on any atom is 0.158 e. The van der Waals surface area contributed by atoms with E-state index in [9.17, 15) is 0 Å². The van der Waals surface area contributed by atoms with Crippen molar-refractivity contribution in [2.45, 2.75) is 38.6 Å². The number of aromatic amines is 1. The monoisotopic (exact) mass is 401 g/mol. The van der Waals surface area contributed by atoms with E-state index in [-0.39, 0.29) is 0 Å². The fraction of sp³-hybridized carbons (Fsp3) is 0.417. The first-order chi connectivity index (χ1) is 14.6. The number of nitrogens with one attached hydrogen (secondary N) is 1. The Morgan fingerprint density at radius 1 is 1.17 bits per heavy atom. The van der Waals surface area contributed by atoms with E-state index in [4.69, 9.17) is 4.74 Å². The van der Waals surface area contributed by atoms with Gasteiger partial charge in [-0.05, 0) is 47.7 Å². The molecular formula is C24H27N5O. The first-order valence-corrected chi connectivity index (χ1v) is 10.9. The summed E-state index contributed by atoms with van der Waals surface area (Å²) in [6.07, 6.45) is 3.70. The molecule has 2 saturated heterocycles. The van der Waals surface area contributed by atoms with Gasteiger partial charge in [-0.25, -0.2) is 9.50 Å². The Kier molecular flexibility index (Phi) is 4.01. The molecule has 0 bridgehead atoms. The molecule has 4 aromatic rings. The highest BCUT2D eigenvalue weighted by atomic mass is 16.5. The molecule has 3 aromatic heterocycles. The minimum Gasteiger partial charge on any atom is -0.378 e. The van der Waals surface area contributed by atoms with Gasteiger partial charge < -0.3 is 9.72 Å². The number of H-pyrrole nitrogens is 1. The lowest BCUT2D eigenvalue weighted by molar-refractivity contribution is -0.0905. The molecule has 0 radical (unpaired) electrons. The van der Waals surface area contributed by atoms with Crippen molar-refractivity contribution in [1.82, 2.24) is 24.5 Å². The Morgan fingerprint density at radius 2 is 2.00 bits per heavy atom. The number of pyridine rings is 1. The number of aromatic nitrogens is 4. The number of hydrogen-bond acceptors (Lipinski definition) is 4. The molecule has 0 atom stereocenters. The van der Waals surface area contributed by atoms with E-state index < -0.39 is 0 Å². The van der Waals surface area contributed by atoms with Gasteiger partial charge in [0.25, 0.3) is 0 Å². The summed E-state index contributed by atoms with van der Waals surface area (Å²) in [5.41, 5.74) is 8.44. The van der Waals surface area contributed by atoms with Crippen LogP contribution in [-0.2, 0) is 4.74 Å². The number of fused-ring (bicyclic) bond motifs is 2. The molecule has 2 fully saturated rings. The number of hydrogen-bond donors (Lipinski definition) is 1. The van der Waals surface area contributed by atoms with Gasteiger partial charge in [0.2, 0.25) is 0 Å². The second-order valence-corrected chi connectivity index (χ2v) is 9.16. The van der Waals surface area contributed by atoms with Crippen LogP contribution in [0.25, 0.3) is 27.8 Å². The van der Waals surface area contributed by atoms with Gasteiger partial charge in [-0.3, -0.25) is 4.90 Å². The lowest BCUT2D eigenvalue weighted by Gasteiger charge is -2.47. The van der Waals surface area contributed by atoms with Crippen LogP contribution < -0.4 is 0 Å². The topological polar surface area (TPSA) is 58.5 Å². The summed E-state index contributed by atoms with van der Waals surface area (Å²) in [4.78, 5) is 10.6. The number of nitrogens with zero attached hydrogens (tertiary/aromatic N) is 4. The molecule has 0 spiro atoms. The van der Waals surface area contributed by atoms with Crippen LogP contribution in [0, 0.1) is 6.92 Å². The fourth-order valence-electron chi connectivity index (χ4n) is 5.00. The van der Waals surface area contributed by atoms with Crippen molar-refractivity contribution in [2.24, 2.45) is 0 Å². The molecule has 0 aliphatic carbocycles. The Bertz CT molecular complexity index is 1240. The third-order valence-corrected chi connectivity index (χ3v) is 6.81. The highest BCUT2D eigenvalue weighted by Gasteiger charge is 2.36. The molecule has 5 heterocycles. The maximum atomic E-state index is 5.35. The van der Waals surface area contributed by atoms with Crippen molar-refractivity contribution >= 4 is 16.6 Å². The molecule has 154 valence electrons. The van der Waals surface area contributed by atoms with Crippen LogP contribution in [0.4, 0.5) is 0 Å². The average molecular weight is 402 g/mol. The van der Waals surface area contributed by atoms with E-state index in [1.54, 1.807) is 6.33 Å². The van der Waals surface area contributed by atoms with Crippen molar-refractivity contribution in [2.75, 3.05) is 26.3 Å². The summed E-state index contributed by atoms with van der Waals surface area (Å²) in [5.74, 6) is 1.04. The third-order valence-electron chi connectivity index (χ3n) is 6.81. The van der Waals surface area contributed by atoms with Gasteiger partial charge in [-0.15, -0.1) is 0 Å². The smallest absolute Gasteiger partial charge is 0.158 e. The maximum absolute atomic E-state index is 5.35. The fourth-order valence-corrected chi connectivity index (χ4v) is 5.00. The predicted molar refractivity (Wildman–Crippen MR) is 118 cm³/mol. The minimum absolute atomic E-state index is 0.417. The van der Waals surface area contributed by atoms with Crippen molar-refractivity contribution in [3.05, 3.63) is 53.5 Å². The average Bonchev–Trinajstić information content (AvgIpc) is 3.26. The van der Waals surface area contributed by atoms with Crippen LogP contribution in [0.15, 0.2) is 36.8 Å². The zero-order valence-corrected chi connectivity index (χ0v) is 17.7. The molecule has 0 saturated carbocycles. The highest BCUT2D eigenvalue weighted by Crippen LogP contribution is 2.39. The van der Waals surface area contributed by atoms with E-state index in [0.29, 0.717) is 17.9 Å². The molecule has 0 amide bonds. The van der Waals surface area contributed by atoms with Gasteiger partial charge in [-0.1, -0.05) is 19.9 Å². The first-order valence-electron chi connectivity index (χ1n) is 10.9. The van der Waals surface area contributed by atoms with E-state index >= 15 is 0 Å². The summed E-state index contributed by atoms with van der Waals surface area (Å²) < 4.78 is 7.23. The Labute approximate surface area is 175 Å². The van der Waals surface area contributed by atoms with Crippen LogP contribution in [0.5, 0.6) is 0 Å². The molecule has 2 aliphatic heterocycles. The summed E-state index contributed by atoms with van der Waals surface area (Å²) in [6.45, 7) is 10.8. The van der Waals surface area contributed by atoms with Gasteiger partial charge >= 0.3 is 0 Å². The second kappa shape index (κ2) is 6.65. The molecule has 6 nitrogen and oxygen atoms in total. The van der Waals surface area contributed by atoms with E-state index in [1.165, 1.54) is 27.7 Å². The molecule has 2 aliphatic rings. The minimum atomic E-state index is 0.417. The Hall–Kier alpha value is -2.70. The zero-order chi connectivity index (χ0) is 20.4. The quantitative estimate of drug-likeness (QED) is 0.559. The molecule has 1 N–H and O–H groups in total. The van der Waals surface area contributed by atoms with E-state index in [2.05, 4.69) is 71.2 Å². The number of benzene rings is 1. The van der Waals surface area contributed by atoms with Gasteiger partial charge in [0.1, 0.15) is 6.33 Å². The van der Waals surface area contributed by atoms with Crippen molar-refractivity contribution in [1.29, 1.82) is 0 Å². The largest absolute Gasteiger partial charge is 0.378 e. The molecule has 30 heavy (non-hydrogen) atoms. The number of aryl methyl sites for hydroxylation is 1. The van der Waals surface area contributed by atoms with Gasteiger partial charge in [0, 0.05) is 41.7 Å². The van der Waals surface area contributed by atoms with Crippen LogP contribution in [0.3, 0.4) is 0 Å². The predicted octanol–water partition coefficient (Wildman–Crippen LogP) is 4.11. The second-order valence-electron chi connectivity index (χ2n) is 9.16. The number of ether oxygens (including phenoxy) is 1. The summed E-state index contributed by atoms with van der Waals surface area (Å²) in [7, 11) is 0. The highest BCUT2D eigenvalue weighted by molar-refractivity contribution is 5.92. The normalized spacial score (nSPS) is 18.4. The standard InChI is InChI=1S/C24H27N5O/c1-14(2)22-20-7-16(18-8-28(9-18)19-11-30-12-19)4-5-21(20)27-23(22)17-6-15(3)24-25-13-26-29(24)10-17/h4-7,10,13-14,18-19,27H,8-9,11-12H2,1-3H3. The summed E-state index contributed by atoms with van der Waals surface area (Å²) >= 11 is 0. The molecule has 6 rings (SSSR count). The molecule has 0 unspecified atom stereocenters. The summed E-state index contributed by atoms with van der Waals surface area (Å²) in [6, 6.07) is 9.84. The summed E-state index contributed by atoms with van der Waals surface area (Å²) in [5, 5.41) is 5.71. The van der Waals surface area contributed by atoms with E-state index in [0.717, 1.165) is 43.1 Å². The molecular weight excluding hydrogens is 374 g/mol. The zero-order valence-electron chi connectivity index (χ0n) is 17.7. The van der Waals surface area contributed by atoms with Crippen LogP contribution in [0.2, 0.25) is 0 Å². The van der Waals surface area contributed by atoms with Crippen molar-refractivity contribution in [3.63, 3.8) is 0 Å². The van der Waals surface area contributed by atoms with Crippen LogP contribution in [-0.4, -0.2) is 56.8 Å². The van der Waals surface area contributed by atoms with E-state index in [1.807, 2.05) is 4.52 Å². The van der Waals surface area contributed by atoms with Crippen molar-refractivity contribution in [3.8, 4) is 11.3 Å². The molecule has 1 aromatic carbocycles. The number of rotatable bonds is 4. The van der Waals surface area contributed by atoms with Gasteiger partial charge in [0.05, 0.1) is 24.9 Å².